The van der Waals surface area contributed by atoms with Gasteiger partial charge in [0.15, 0.2) is 0 Å². The molecule has 1 rings (SSSR count). The molecule has 0 saturated carbocycles. The van der Waals surface area contributed by atoms with E-state index in [0.717, 1.165) is 11.1 Å². The van der Waals surface area contributed by atoms with Gasteiger partial charge in [-0.2, -0.15) is 0 Å². The minimum absolute atomic E-state index is 0.112. The summed E-state index contributed by atoms with van der Waals surface area (Å²) in [6.07, 6.45) is 0. The quantitative estimate of drug-likeness (QED) is 0.772. The Morgan fingerprint density at radius 3 is 2.69 bits per heavy atom. The normalized spacial score (nSPS) is 10.8. The van der Waals surface area contributed by atoms with Crippen LogP contribution in [0.2, 0.25) is 0 Å². The molecule has 0 unspecified atom stereocenters. The number of benzene rings is 1. The van der Waals surface area contributed by atoms with E-state index in [1.807, 2.05) is 45.0 Å². The summed E-state index contributed by atoms with van der Waals surface area (Å²) in [6, 6.07) is 8.04. The van der Waals surface area contributed by atoms with Crippen molar-refractivity contribution in [3.05, 3.63) is 35.4 Å². The van der Waals surface area contributed by atoms with Gasteiger partial charge in [0.1, 0.15) is 0 Å². The Kier molecular flexibility index (Phi) is 4.54. The summed E-state index contributed by atoms with van der Waals surface area (Å²) in [4.78, 5) is 0. The molecule has 0 heterocycles. The maximum Gasteiger partial charge on any atom is 0.0724 e. The predicted octanol–water partition coefficient (Wildman–Crippen LogP) is 2.31. The van der Waals surface area contributed by atoms with E-state index < -0.39 is 0 Å². The first-order chi connectivity index (χ1) is 7.51. The van der Waals surface area contributed by atoms with Crippen LogP contribution in [0, 0.1) is 11.8 Å². The molecule has 0 aliphatic rings. The van der Waals surface area contributed by atoms with E-state index in [1.165, 1.54) is 0 Å². The Hall–Kier alpha value is -1.30. The molecular formula is C14H19NO. The molecule has 0 fully saturated rings. The van der Waals surface area contributed by atoms with Crippen LogP contribution in [-0.2, 0) is 11.3 Å². The average Bonchev–Trinajstić information content (AvgIpc) is 2.23. The van der Waals surface area contributed by atoms with Gasteiger partial charge in [-0.3, -0.25) is 0 Å². The number of ether oxygens (including phenoxy) is 1. The van der Waals surface area contributed by atoms with Crippen molar-refractivity contribution in [1.82, 2.24) is 0 Å². The van der Waals surface area contributed by atoms with E-state index in [2.05, 4.69) is 11.8 Å². The van der Waals surface area contributed by atoms with Crippen LogP contribution in [0.15, 0.2) is 24.3 Å². The lowest BCUT2D eigenvalue weighted by Crippen LogP contribution is -2.18. The van der Waals surface area contributed by atoms with Gasteiger partial charge in [0.05, 0.1) is 18.8 Å². The summed E-state index contributed by atoms with van der Waals surface area (Å²) in [6.45, 7) is 7.14. The first kappa shape index (κ1) is 12.8. The van der Waals surface area contributed by atoms with E-state index in [1.54, 1.807) is 0 Å². The second kappa shape index (κ2) is 5.69. The zero-order valence-corrected chi connectivity index (χ0v) is 10.2. The molecule has 0 spiro atoms. The van der Waals surface area contributed by atoms with Crippen LogP contribution in [0.25, 0.3) is 0 Å². The van der Waals surface area contributed by atoms with Crippen molar-refractivity contribution in [2.24, 2.45) is 5.73 Å². The van der Waals surface area contributed by atoms with Crippen LogP contribution in [0.1, 0.15) is 31.9 Å². The van der Waals surface area contributed by atoms with Gasteiger partial charge in [-0.05, 0) is 38.5 Å². The fraction of sp³-hybridized carbons (Fsp3) is 0.429. The fourth-order valence-corrected chi connectivity index (χ4v) is 1.19. The molecule has 0 bridgehead atoms. The smallest absolute Gasteiger partial charge is 0.0724 e. The van der Waals surface area contributed by atoms with Crippen molar-refractivity contribution in [3.63, 3.8) is 0 Å². The number of nitrogens with two attached hydrogens (primary N) is 1. The summed E-state index contributed by atoms with van der Waals surface area (Å²) in [7, 11) is 0. The Morgan fingerprint density at radius 1 is 1.31 bits per heavy atom. The highest BCUT2D eigenvalue weighted by molar-refractivity contribution is 5.37. The molecule has 0 aliphatic carbocycles. The van der Waals surface area contributed by atoms with Gasteiger partial charge in [-0.25, -0.2) is 0 Å². The lowest BCUT2D eigenvalue weighted by atomic mass is 10.1. The summed E-state index contributed by atoms with van der Waals surface area (Å²) in [5, 5.41) is 0. The van der Waals surface area contributed by atoms with Crippen molar-refractivity contribution < 1.29 is 4.74 Å². The van der Waals surface area contributed by atoms with Crippen molar-refractivity contribution in [2.45, 2.75) is 33.0 Å². The molecule has 2 N–H and O–H groups in total. The Balaban J connectivity index is 2.68. The van der Waals surface area contributed by atoms with Crippen LogP contribution in [0.4, 0.5) is 0 Å². The maximum absolute atomic E-state index is 5.70. The second-order valence-electron chi connectivity index (χ2n) is 4.61. The van der Waals surface area contributed by atoms with Gasteiger partial charge in [0, 0.05) is 5.56 Å². The molecule has 0 radical (unpaired) electrons. The number of hydrogen-bond acceptors (Lipinski definition) is 2. The van der Waals surface area contributed by atoms with Crippen LogP contribution in [0.3, 0.4) is 0 Å². The standard InChI is InChI=1S/C14H19NO/c1-14(2,3)16-11-13-7-4-6-12(10-13)8-5-9-15/h4,6-7,10H,9,11,15H2,1-3H3. The second-order valence-corrected chi connectivity index (χ2v) is 4.61. The van der Waals surface area contributed by atoms with Crippen molar-refractivity contribution in [2.75, 3.05) is 6.54 Å². The monoisotopic (exact) mass is 217 g/mol. The van der Waals surface area contributed by atoms with Gasteiger partial charge >= 0.3 is 0 Å². The maximum atomic E-state index is 5.70. The molecule has 0 atom stereocenters. The van der Waals surface area contributed by atoms with E-state index in [9.17, 15) is 0 Å². The van der Waals surface area contributed by atoms with E-state index in [0.29, 0.717) is 13.2 Å². The highest BCUT2D eigenvalue weighted by Gasteiger charge is 2.09. The van der Waals surface area contributed by atoms with Crippen molar-refractivity contribution in [1.29, 1.82) is 0 Å². The Labute approximate surface area is 97.8 Å². The summed E-state index contributed by atoms with van der Waals surface area (Å²) >= 11 is 0. The minimum atomic E-state index is -0.112. The lowest BCUT2D eigenvalue weighted by Gasteiger charge is -2.19. The molecule has 1 aromatic carbocycles. The molecule has 0 aliphatic heterocycles. The fourth-order valence-electron chi connectivity index (χ4n) is 1.19. The highest BCUT2D eigenvalue weighted by Crippen LogP contribution is 2.12. The third-order valence-electron chi connectivity index (χ3n) is 1.93. The van der Waals surface area contributed by atoms with Gasteiger partial charge in [-0.15, -0.1) is 0 Å². The van der Waals surface area contributed by atoms with Crippen molar-refractivity contribution in [3.8, 4) is 11.8 Å². The van der Waals surface area contributed by atoms with Crippen LogP contribution in [0.5, 0.6) is 0 Å². The first-order valence-corrected chi connectivity index (χ1v) is 5.43. The third kappa shape index (κ3) is 4.97. The summed E-state index contributed by atoms with van der Waals surface area (Å²) in [5.74, 6) is 5.85. The molecule has 0 saturated heterocycles. The number of hydrogen-bond donors (Lipinski definition) is 1. The van der Waals surface area contributed by atoms with Gasteiger partial charge < -0.3 is 10.5 Å². The molecule has 86 valence electrons. The summed E-state index contributed by atoms with van der Waals surface area (Å²) < 4.78 is 5.70. The van der Waals surface area contributed by atoms with Crippen molar-refractivity contribution >= 4 is 0 Å². The first-order valence-electron chi connectivity index (χ1n) is 5.43. The zero-order valence-electron chi connectivity index (χ0n) is 10.2. The Morgan fingerprint density at radius 2 is 2.06 bits per heavy atom. The third-order valence-corrected chi connectivity index (χ3v) is 1.93. The van der Waals surface area contributed by atoms with E-state index in [4.69, 9.17) is 10.5 Å². The molecule has 0 aromatic heterocycles. The topological polar surface area (TPSA) is 35.2 Å². The zero-order chi connectivity index (χ0) is 12.0. The Bertz CT molecular complexity index is 393. The summed E-state index contributed by atoms with van der Waals surface area (Å²) in [5.41, 5.74) is 7.34. The van der Waals surface area contributed by atoms with Gasteiger partial charge in [0.25, 0.3) is 0 Å². The molecule has 2 nitrogen and oxygen atoms in total. The molecular weight excluding hydrogens is 198 g/mol. The predicted molar refractivity (Wildman–Crippen MR) is 66.9 cm³/mol. The molecule has 1 aromatic rings. The van der Waals surface area contributed by atoms with E-state index in [-0.39, 0.29) is 5.60 Å². The molecule has 0 amide bonds. The van der Waals surface area contributed by atoms with Crippen LogP contribution < -0.4 is 5.73 Å². The van der Waals surface area contributed by atoms with E-state index >= 15 is 0 Å². The minimum Gasteiger partial charge on any atom is -0.371 e. The number of rotatable bonds is 2. The van der Waals surface area contributed by atoms with Gasteiger partial charge in [0.2, 0.25) is 0 Å². The highest BCUT2D eigenvalue weighted by atomic mass is 16.5. The van der Waals surface area contributed by atoms with Gasteiger partial charge in [-0.1, -0.05) is 24.0 Å². The van der Waals surface area contributed by atoms with Crippen LogP contribution >= 0.6 is 0 Å². The van der Waals surface area contributed by atoms with Crippen LogP contribution in [-0.4, -0.2) is 12.1 Å². The largest absolute Gasteiger partial charge is 0.371 e. The lowest BCUT2D eigenvalue weighted by molar-refractivity contribution is -0.0149. The molecule has 2 heteroatoms. The SMILES string of the molecule is CC(C)(C)OCc1cccc(C#CCN)c1. The average molecular weight is 217 g/mol. The molecule has 16 heavy (non-hydrogen) atoms.